The van der Waals surface area contributed by atoms with E-state index < -0.39 is 11.8 Å². The number of carbonyl (C=O) groups excluding carboxylic acids is 1. The lowest BCUT2D eigenvalue weighted by atomic mass is 10.0. The first-order valence-corrected chi connectivity index (χ1v) is 6.90. The zero-order valence-corrected chi connectivity index (χ0v) is 12.4. The van der Waals surface area contributed by atoms with Gasteiger partial charge in [0.25, 0.3) is 0 Å². The van der Waals surface area contributed by atoms with Crippen LogP contribution in [0.2, 0.25) is 10.0 Å². The highest BCUT2D eigenvalue weighted by Gasteiger charge is 2.19. The summed E-state index contributed by atoms with van der Waals surface area (Å²) in [7, 11) is 0. The Morgan fingerprint density at radius 2 is 2.19 bits per heavy atom. The average Bonchev–Trinajstić information content (AvgIpc) is 2.49. The first kappa shape index (κ1) is 15.3. The Morgan fingerprint density at radius 3 is 2.86 bits per heavy atom. The molecule has 0 aliphatic rings. The predicted molar refractivity (Wildman–Crippen MR) is 82.1 cm³/mol. The normalized spacial score (nSPS) is 11.5. The summed E-state index contributed by atoms with van der Waals surface area (Å²) in [5.41, 5.74) is 1.21. The van der Waals surface area contributed by atoms with Crippen LogP contribution in [0.5, 0.6) is 0 Å². The number of hydrogen-bond acceptors (Lipinski definition) is 3. The Bertz CT molecular complexity index is 683. The molecule has 1 aromatic carbocycles. The molecule has 1 N–H and O–H groups in total. The number of hydrogen-bond donors (Lipinski definition) is 1. The number of aromatic nitrogens is 1. The van der Waals surface area contributed by atoms with Gasteiger partial charge in [-0.25, -0.2) is 0 Å². The Morgan fingerprint density at radius 1 is 1.38 bits per heavy atom. The summed E-state index contributed by atoms with van der Waals surface area (Å²) in [6, 6.07) is 10.3. The van der Waals surface area contributed by atoms with Crippen molar-refractivity contribution in [1.29, 1.82) is 5.26 Å². The van der Waals surface area contributed by atoms with Crippen LogP contribution in [0.4, 0.5) is 5.69 Å². The van der Waals surface area contributed by atoms with Crippen LogP contribution in [0.25, 0.3) is 0 Å². The molecule has 1 amide bonds. The summed E-state index contributed by atoms with van der Waals surface area (Å²) in [4.78, 5) is 16.1. The molecule has 0 saturated heterocycles. The summed E-state index contributed by atoms with van der Waals surface area (Å²) in [5.74, 6) is -1.25. The highest BCUT2D eigenvalue weighted by molar-refractivity contribution is 6.35. The second-order valence-electron chi connectivity index (χ2n) is 4.36. The molecular weight excluding hydrogens is 309 g/mol. The van der Waals surface area contributed by atoms with Crippen LogP contribution in [0.15, 0.2) is 42.7 Å². The average molecular weight is 320 g/mol. The summed E-state index contributed by atoms with van der Waals surface area (Å²) in [5, 5.41) is 12.6. The molecule has 0 aliphatic heterocycles. The van der Waals surface area contributed by atoms with E-state index in [2.05, 4.69) is 10.3 Å². The van der Waals surface area contributed by atoms with Crippen molar-refractivity contribution in [3.05, 3.63) is 58.3 Å². The van der Waals surface area contributed by atoms with Gasteiger partial charge in [0.05, 0.1) is 16.8 Å². The van der Waals surface area contributed by atoms with Gasteiger partial charge in [0.2, 0.25) is 5.91 Å². The van der Waals surface area contributed by atoms with Gasteiger partial charge in [0.15, 0.2) is 0 Å². The molecule has 0 unspecified atom stereocenters. The quantitative estimate of drug-likeness (QED) is 0.934. The fourth-order valence-corrected chi connectivity index (χ4v) is 2.10. The molecule has 1 aromatic heterocycles. The van der Waals surface area contributed by atoms with E-state index in [0.717, 1.165) is 5.56 Å². The molecule has 1 atom stereocenters. The number of pyridine rings is 1. The van der Waals surface area contributed by atoms with Gasteiger partial charge in [0.1, 0.15) is 5.92 Å². The summed E-state index contributed by atoms with van der Waals surface area (Å²) < 4.78 is 0. The van der Waals surface area contributed by atoms with E-state index in [1.165, 1.54) is 0 Å². The molecule has 0 fully saturated rings. The molecule has 0 bridgehead atoms. The van der Waals surface area contributed by atoms with Gasteiger partial charge in [-0.2, -0.15) is 5.26 Å². The number of carbonyl (C=O) groups is 1. The maximum Gasteiger partial charge on any atom is 0.242 e. The first-order valence-electron chi connectivity index (χ1n) is 6.14. The Hall–Kier alpha value is -2.09. The molecule has 0 saturated carbocycles. The second kappa shape index (κ2) is 7.07. The fraction of sp³-hybridized carbons (Fsp3) is 0.133. The minimum absolute atomic E-state index is 0.286. The first-order chi connectivity index (χ1) is 10.1. The smallest absolute Gasteiger partial charge is 0.242 e. The van der Waals surface area contributed by atoms with E-state index in [-0.39, 0.29) is 6.42 Å². The van der Waals surface area contributed by atoms with Gasteiger partial charge in [-0.1, -0.05) is 29.3 Å². The van der Waals surface area contributed by atoms with E-state index in [0.29, 0.717) is 15.7 Å². The number of halogens is 2. The minimum Gasteiger partial charge on any atom is -0.324 e. The number of anilines is 1. The topological polar surface area (TPSA) is 65.8 Å². The number of benzene rings is 1. The SMILES string of the molecule is N#C[C@H](Cc1cccnc1)C(=O)Nc1cc(Cl)ccc1Cl. The number of nitrogens with zero attached hydrogens (tertiary/aromatic N) is 2. The van der Waals surface area contributed by atoms with Gasteiger partial charge in [-0.3, -0.25) is 9.78 Å². The van der Waals surface area contributed by atoms with Gasteiger partial charge in [0, 0.05) is 17.4 Å². The van der Waals surface area contributed by atoms with Crippen molar-refractivity contribution in [2.45, 2.75) is 6.42 Å². The van der Waals surface area contributed by atoms with Crippen molar-refractivity contribution >= 4 is 34.8 Å². The van der Waals surface area contributed by atoms with Crippen LogP contribution in [-0.4, -0.2) is 10.9 Å². The molecule has 2 aromatic rings. The van der Waals surface area contributed by atoms with E-state index in [1.807, 2.05) is 12.1 Å². The summed E-state index contributed by atoms with van der Waals surface area (Å²) >= 11 is 11.8. The molecular formula is C15H11Cl2N3O. The Balaban J connectivity index is 2.10. The molecule has 1 heterocycles. The highest BCUT2D eigenvalue weighted by Crippen LogP contribution is 2.26. The van der Waals surface area contributed by atoms with Crippen LogP contribution in [0, 0.1) is 17.2 Å². The monoisotopic (exact) mass is 319 g/mol. The second-order valence-corrected chi connectivity index (χ2v) is 5.20. The van der Waals surface area contributed by atoms with Crippen LogP contribution >= 0.6 is 23.2 Å². The molecule has 6 heteroatoms. The van der Waals surface area contributed by atoms with E-state index in [1.54, 1.807) is 36.7 Å². The zero-order chi connectivity index (χ0) is 15.2. The number of rotatable bonds is 4. The summed E-state index contributed by atoms with van der Waals surface area (Å²) in [6.07, 6.45) is 3.55. The lowest BCUT2D eigenvalue weighted by Gasteiger charge is -2.11. The fourth-order valence-electron chi connectivity index (χ4n) is 1.76. The van der Waals surface area contributed by atoms with Gasteiger partial charge in [-0.05, 0) is 36.2 Å². The van der Waals surface area contributed by atoms with Crippen molar-refractivity contribution in [2.24, 2.45) is 5.92 Å². The predicted octanol–water partition coefficient (Wildman–Crippen LogP) is 3.71. The lowest BCUT2D eigenvalue weighted by molar-refractivity contribution is -0.118. The van der Waals surface area contributed by atoms with Crippen LogP contribution < -0.4 is 5.32 Å². The highest BCUT2D eigenvalue weighted by atomic mass is 35.5. The van der Waals surface area contributed by atoms with Gasteiger partial charge in [-0.15, -0.1) is 0 Å². The van der Waals surface area contributed by atoms with Crippen molar-refractivity contribution in [1.82, 2.24) is 4.98 Å². The van der Waals surface area contributed by atoms with Gasteiger partial charge < -0.3 is 5.32 Å². The number of amides is 1. The maximum absolute atomic E-state index is 12.2. The molecule has 4 nitrogen and oxygen atoms in total. The number of nitriles is 1. The van der Waals surface area contributed by atoms with Crippen molar-refractivity contribution in [3.8, 4) is 6.07 Å². The van der Waals surface area contributed by atoms with Crippen LogP contribution in [0.1, 0.15) is 5.56 Å². The molecule has 106 valence electrons. The third-order valence-corrected chi connectivity index (χ3v) is 3.39. The van der Waals surface area contributed by atoms with Crippen molar-refractivity contribution in [3.63, 3.8) is 0 Å². The van der Waals surface area contributed by atoms with Gasteiger partial charge >= 0.3 is 0 Å². The molecule has 0 spiro atoms. The summed E-state index contributed by atoms with van der Waals surface area (Å²) in [6.45, 7) is 0. The molecule has 2 rings (SSSR count). The Labute approximate surface area is 132 Å². The largest absolute Gasteiger partial charge is 0.324 e. The van der Waals surface area contributed by atoms with E-state index >= 15 is 0 Å². The molecule has 21 heavy (non-hydrogen) atoms. The standard InChI is InChI=1S/C15H11Cl2N3O/c16-12-3-4-13(17)14(7-12)20-15(21)11(8-18)6-10-2-1-5-19-9-10/h1-5,7,9,11H,6H2,(H,20,21)/t11-/m0/s1. The maximum atomic E-state index is 12.2. The van der Waals surface area contributed by atoms with Crippen LogP contribution in [0.3, 0.4) is 0 Å². The van der Waals surface area contributed by atoms with Crippen LogP contribution in [-0.2, 0) is 11.2 Å². The van der Waals surface area contributed by atoms with Crippen molar-refractivity contribution < 1.29 is 4.79 Å². The van der Waals surface area contributed by atoms with E-state index in [4.69, 9.17) is 28.5 Å². The van der Waals surface area contributed by atoms with E-state index in [9.17, 15) is 4.79 Å². The Kier molecular flexibility index (Phi) is 5.15. The zero-order valence-electron chi connectivity index (χ0n) is 10.9. The number of nitrogens with one attached hydrogen (secondary N) is 1. The minimum atomic E-state index is -0.829. The lowest BCUT2D eigenvalue weighted by Crippen LogP contribution is -2.23. The van der Waals surface area contributed by atoms with Crippen molar-refractivity contribution in [2.75, 3.05) is 5.32 Å². The molecule has 0 radical (unpaired) electrons. The third kappa shape index (κ3) is 4.19. The third-order valence-electron chi connectivity index (χ3n) is 2.82. The molecule has 0 aliphatic carbocycles.